The molecule has 0 atom stereocenters. The van der Waals surface area contributed by atoms with Crippen LogP contribution in [0.4, 0.5) is 5.13 Å². The molecule has 1 aromatic carbocycles. The molecule has 1 heterocycles. The number of aromatic nitrogens is 1. The molecule has 0 aliphatic heterocycles. The van der Waals surface area contributed by atoms with Gasteiger partial charge in [0.05, 0.1) is 9.90 Å². The van der Waals surface area contributed by atoms with E-state index >= 15 is 0 Å². The zero-order chi connectivity index (χ0) is 13.0. The zero-order valence-electron chi connectivity index (χ0n) is 10.4. The van der Waals surface area contributed by atoms with Crippen molar-refractivity contribution in [1.29, 1.82) is 0 Å². The second-order valence-corrected chi connectivity index (χ2v) is 5.41. The predicted molar refractivity (Wildman–Crippen MR) is 76.8 cm³/mol. The summed E-state index contributed by atoms with van der Waals surface area (Å²) in [6.07, 6.45) is 1.83. The van der Waals surface area contributed by atoms with Crippen molar-refractivity contribution < 1.29 is 4.74 Å². The van der Waals surface area contributed by atoms with Gasteiger partial charge in [-0.3, -0.25) is 0 Å². The lowest BCUT2D eigenvalue weighted by Crippen LogP contribution is -1.94. The number of anilines is 1. The van der Waals surface area contributed by atoms with Crippen LogP contribution in [0.3, 0.4) is 0 Å². The van der Waals surface area contributed by atoms with Gasteiger partial charge in [0.25, 0.3) is 0 Å². The Bertz CT molecular complexity index is 527. The number of thiazole rings is 1. The monoisotopic (exact) mass is 282 g/mol. The molecule has 3 nitrogen and oxygen atoms in total. The molecule has 0 amide bonds. The average Bonchev–Trinajstić information content (AvgIpc) is 2.79. The fourth-order valence-electron chi connectivity index (χ4n) is 1.48. The lowest BCUT2D eigenvalue weighted by atomic mass is 10.2. The van der Waals surface area contributed by atoms with Gasteiger partial charge in [-0.05, 0) is 31.5 Å². The van der Waals surface area contributed by atoms with Crippen LogP contribution in [0.25, 0.3) is 0 Å². The van der Waals surface area contributed by atoms with Crippen molar-refractivity contribution in [3.05, 3.63) is 39.9 Å². The number of nitrogens with one attached hydrogen (secondary N) is 1. The number of benzene rings is 1. The number of hydrogen-bond acceptors (Lipinski definition) is 4. The quantitative estimate of drug-likeness (QED) is 0.896. The molecule has 1 aromatic heterocycles. The van der Waals surface area contributed by atoms with Gasteiger partial charge in [-0.15, -0.1) is 0 Å². The Kier molecular flexibility index (Phi) is 4.44. The highest BCUT2D eigenvalue weighted by atomic mass is 35.5. The third kappa shape index (κ3) is 3.37. The summed E-state index contributed by atoms with van der Waals surface area (Å²) >= 11 is 7.66. The van der Waals surface area contributed by atoms with E-state index in [9.17, 15) is 0 Å². The first kappa shape index (κ1) is 13.2. The molecule has 0 aliphatic rings. The molecule has 2 rings (SSSR count). The Labute approximate surface area is 116 Å². The van der Waals surface area contributed by atoms with Gasteiger partial charge < -0.3 is 10.1 Å². The maximum Gasteiger partial charge on any atom is 0.182 e. The van der Waals surface area contributed by atoms with E-state index in [1.54, 1.807) is 11.3 Å². The number of nitrogens with zero attached hydrogens (tertiary/aromatic N) is 1. The van der Waals surface area contributed by atoms with Crippen molar-refractivity contribution in [2.45, 2.75) is 20.5 Å². The fraction of sp³-hybridized carbons (Fsp3) is 0.308. The summed E-state index contributed by atoms with van der Waals surface area (Å²) in [5, 5.41) is 4.73. The fourth-order valence-corrected chi connectivity index (χ4v) is 2.44. The minimum atomic E-state index is 0.492. The second kappa shape index (κ2) is 6.07. The van der Waals surface area contributed by atoms with Gasteiger partial charge in [0.2, 0.25) is 0 Å². The largest absolute Gasteiger partial charge is 0.486 e. The smallest absolute Gasteiger partial charge is 0.182 e. The molecule has 2 aromatic rings. The molecule has 1 N–H and O–H groups in total. The van der Waals surface area contributed by atoms with Crippen LogP contribution in [0.2, 0.25) is 5.02 Å². The number of hydrogen-bond donors (Lipinski definition) is 1. The lowest BCUT2D eigenvalue weighted by molar-refractivity contribution is 0.309. The molecule has 0 unspecified atom stereocenters. The summed E-state index contributed by atoms with van der Waals surface area (Å²) in [6, 6.07) is 5.75. The molecule has 0 bridgehead atoms. The van der Waals surface area contributed by atoms with Crippen LogP contribution in [-0.2, 0) is 6.61 Å². The standard InChI is InChI=1S/C13H15ClN2OS/c1-3-15-13-16-7-10(18-13)8-17-12-6-9(2)4-5-11(12)14/h4-7H,3,8H2,1-2H3,(H,15,16). The minimum Gasteiger partial charge on any atom is -0.486 e. The van der Waals surface area contributed by atoms with Crippen LogP contribution in [0, 0.1) is 6.92 Å². The maximum absolute atomic E-state index is 6.07. The molecule has 18 heavy (non-hydrogen) atoms. The van der Waals surface area contributed by atoms with Crippen LogP contribution in [0.1, 0.15) is 17.4 Å². The Morgan fingerprint density at radius 2 is 2.28 bits per heavy atom. The Morgan fingerprint density at radius 1 is 1.44 bits per heavy atom. The van der Waals surface area contributed by atoms with E-state index in [-0.39, 0.29) is 0 Å². The minimum absolute atomic E-state index is 0.492. The normalized spacial score (nSPS) is 10.4. The van der Waals surface area contributed by atoms with Gasteiger partial charge in [-0.2, -0.15) is 0 Å². The van der Waals surface area contributed by atoms with E-state index in [2.05, 4.69) is 10.3 Å². The van der Waals surface area contributed by atoms with Crippen LogP contribution < -0.4 is 10.1 Å². The van der Waals surface area contributed by atoms with Crippen molar-refractivity contribution in [2.75, 3.05) is 11.9 Å². The summed E-state index contributed by atoms with van der Waals surface area (Å²) in [5.41, 5.74) is 1.13. The molecule has 5 heteroatoms. The lowest BCUT2D eigenvalue weighted by Gasteiger charge is -2.07. The summed E-state index contributed by atoms with van der Waals surface area (Å²) in [7, 11) is 0. The number of ether oxygens (including phenoxy) is 1. The van der Waals surface area contributed by atoms with Gasteiger partial charge >= 0.3 is 0 Å². The van der Waals surface area contributed by atoms with Crippen LogP contribution in [-0.4, -0.2) is 11.5 Å². The summed E-state index contributed by atoms with van der Waals surface area (Å²) < 4.78 is 5.71. The van der Waals surface area contributed by atoms with E-state index < -0.39 is 0 Å². The Balaban J connectivity index is 1.99. The number of rotatable bonds is 5. The SMILES string of the molecule is CCNc1ncc(COc2cc(C)ccc2Cl)s1. The molecule has 0 saturated heterocycles. The molecule has 0 fully saturated rings. The van der Waals surface area contributed by atoms with Gasteiger partial charge in [0.1, 0.15) is 12.4 Å². The predicted octanol–water partition coefficient (Wildman–Crippen LogP) is 4.12. The van der Waals surface area contributed by atoms with Gasteiger partial charge in [-0.25, -0.2) is 4.98 Å². The molecule has 96 valence electrons. The first-order valence-corrected chi connectivity index (χ1v) is 6.96. The molecule has 0 spiro atoms. The van der Waals surface area contributed by atoms with E-state index in [1.807, 2.05) is 38.2 Å². The number of halogens is 1. The van der Waals surface area contributed by atoms with Gasteiger partial charge in [-0.1, -0.05) is 29.0 Å². The highest BCUT2D eigenvalue weighted by molar-refractivity contribution is 7.15. The summed E-state index contributed by atoms with van der Waals surface area (Å²) in [5.74, 6) is 0.718. The van der Waals surface area contributed by atoms with Crippen molar-refractivity contribution in [3.63, 3.8) is 0 Å². The molecule has 0 saturated carbocycles. The van der Waals surface area contributed by atoms with Crippen molar-refractivity contribution in [3.8, 4) is 5.75 Å². The van der Waals surface area contributed by atoms with Crippen LogP contribution >= 0.6 is 22.9 Å². The molecular weight excluding hydrogens is 268 g/mol. The third-order valence-corrected chi connectivity index (χ3v) is 3.58. The van der Waals surface area contributed by atoms with Crippen LogP contribution in [0.5, 0.6) is 5.75 Å². The first-order chi connectivity index (χ1) is 8.69. The van der Waals surface area contributed by atoms with Crippen molar-refractivity contribution >= 4 is 28.1 Å². The first-order valence-electron chi connectivity index (χ1n) is 5.76. The third-order valence-electron chi connectivity index (χ3n) is 2.34. The molecular formula is C13H15ClN2OS. The van der Waals surface area contributed by atoms with Crippen molar-refractivity contribution in [2.24, 2.45) is 0 Å². The van der Waals surface area contributed by atoms with E-state index in [4.69, 9.17) is 16.3 Å². The zero-order valence-corrected chi connectivity index (χ0v) is 11.9. The maximum atomic E-state index is 6.07. The summed E-state index contributed by atoms with van der Waals surface area (Å²) in [4.78, 5) is 5.33. The van der Waals surface area contributed by atoms with Crippen LogP contribution in [0.15, 0.2) is 24.4 Å². The number of aryl methyl sites for hydroxylation is 1. The molecule has 0 radical (unpaired) electrons. The Hall–Kier alpha value is -1.26. The average molecular weight is 283 g/mol. The summed E-state index contributed by atoms with van der Waals surface area (Å²) in [6.45, 7) is 5.42. The Morgan fingerprint density at radius 3 is 3.06 bits per heavy atom. The van der Waals surface area contributed by atoms with Gasteiger partial charge in [0.15, 0.2) is 5.13 Å². The second-order valence-electron chi connectivity index (χ2n) is 3.88. The van der Waals surface area contributed by atoms with E-state index in [1.165, 1.54) is 0 Å². The van der Waals surface area contributed by atoms with E-state index in [0.29, 0.717) is 11.6 Å². The highest BCUT2D eigenvalue weighted by Gasteiger charge is 2.05. The van der Waals surface area contributed by atoms with E-state index in [0.717, 1.165) is 27.9 Å². The topological polar surface area (TPSA) is 34.2 Å². The van der Waals surface area contributed by atoms with Crippen molar-refractivity contribution in [1.82, 2.24) is 4.98 Å². The molecule has 0 aliphatic carbocycles. The highest BCUT2D eigenvalue weighted by Crippen LogP contribution is 2.27. The van der Waals surface area contributed by atoms with Gasteiger partial charge in [0, 0.05) is 12.7 Å².